The third-order valence-electron chi connectivity index (χ3n) is 2.52. The van der Waals surface area contributed by atoms with Crippen molar-refractivity contribution in [2.45, 2.75) is 17.2 Å². The topological polar surface area (TPSA) is 81.4 Å². The maximum atomic E-state index is 11.2. The number of ether oxygens (including phenoxy) is 1. The molecule has 2 aromatic rings. The molecule has 5 nitrogen and oxygen atoms in total. The Morgan fingerprint density at radius 2 is 2.10 bits per heavy atom. The summed E-state index contributed by atoms with van der Waals surface area (Å²) in [5.41, 5.74) is 0. The second kappa shape index (κ2) is 7.69. The van der Waals surface area contributed by atoms with Gasteiger partial charge in [-0.1, -0.05) is 0 Å². The van der Waals surface area contributed by atoms with Crippen LogP contribution in [0.4, 0.5) is 0 Å². The number of halogens is 1. The minimum atomic E-state index is -3.58. The van der Waals surface area contributed by atoms with Crippen molar-refractivity contribution in [3.05, 3.63) is 17.0 Å². The highest BCUT2D eigenvalue weighted by molar-refractivity contribution is 7.91. The Bertz CT molecular complexity index is 619. The van der Waals surface area contributed by atoms with Crippen LogP contribution in [-0.4, -0.2) is 28.7 Å². The lowest BCUT2D eigenvalue weighted by Crippen LogP contribution is -2.15. The predicted molar refractivity (Wildman–Crippen MR) is 86.5 cm³/mol. The summed E-state index contributed by atoms with van der Waals surface area (Å²) in [7, 11) is -1.89. The zero-order valence-electron chi connectivity index (χ0n) is 10.9. The fourth-order valence-electron chi connectivity index (χ4n) is 1.65. The van der Waals surface area contributed by atoms with Gasteiger partial charge in [-0.15, -0.1) is 35.1 Å². The minimum absolute atomic E-state index is 0. The van der Waals surface area contributed by atoms with Crippen LogP contribution in [0, 0.1) is 0 Å². The number of hydrogen-bond acceptors (Lipinski definition) is 6. The van der Waals surface area contributed by atoms with E-state index in [1.54, 1.807) is 24.5 Å². The van der Waals surface area contributed by atoms with Crippen LogP contribution in [0.2, 0.25) is 0 Å². The van der Waals surface area contributed by atoms with Crippen LogP contribution in [0.25, 0.3) is 9.40 Å². The van der Waals surface area contributed by atoms with Crippen LogP contribution < -0.4 is 10.5 Å². The monoisotopic (exact) mass is 356 g/mol. The SMILES string of the molecule is COCCCNCc1cc2cc(S(N)(=O)=O)sc2s1.Cl. The molecule has 0 amide bonds. The van der Waals surface area contributed by atoms with Gasteiger partial charge in [-0.25, -0.2) is 13.6 Å². The highest BCUT2D eigenvalue weighted by atomic mass is 35.5. The Balaban J connectivity index is 0.00000200. The second-order valence-electron chi connectivity index (χ2n) is 4.09. The van der Waals surface area contributed by atoms with Crippen molar-refractivity contribution in [1.82, 2.24) is 5.32 Å². The Labute approximate surface area is 132 Å². The van der Waals surface area contributed by atoms with E-state index in [0.29, 0.717) is 0 Å². The second-order valence-corrected chi connectivity index (χ2v) is 8.32. The van der Waals surface area contributed by atoms with Gasteiger partial charge in [-0.05, 0) is 25.1 Å². The Kier molecular flexibility index (Phi) is 6.86. The van der Waals surface area contributed by atoms with Crippen molar-refractivity contribution >= 4 is 54.5 Å². The molecule has 0 spiro atoms. The van der Waals surface area contributed by atoms with E-state index in [4.69, 9.17) is 9.88 Å². The lowest BCUT2D eigenvalue weighted by atomic mass is 10.3. The van der Waals surface area contributed by atoms with Crippen LogP contribution in [0.3, 0.4) is 0 Å². The van der Waals surface area contributed by atoms with E-state index in [1.165, 1.54) is 16.2 Å². The highest BCUT2D eigenvalue weighted by Gasteiger charge is 2.14. The molecular formula is C11H17ClN2O3S3. The molecule has 0 saturated carbocycles. The molecule has 20 heavy (non-hydrogen) atoms. The van der Waals surface area contributed by atoms with Gasteiger partial charge in [0.1, 0.15) is 4.21 Å². The molecule has 0 aliphatic carbocycles. The van der Waals surface area contributed by atoms with E-state index in [2.05, 4.69) is 5.32 Å². The number of sulfonamides is 1. The van der Waals surface area contributed by atoms with Crippen LogP contribution in [0.1, 0.15) is 11.3 Å². The molecule has 2 heterocycles. The van der Waals surface area contributed by atoms with Gasteiger partial charge in [-0.3, -0.25) is 0 Å². The van der Waals surface area contributed by atoms with Crippen molar-refractivity contribution in [3.8, 4) is 0 Å². The number of fused-ring (bicyclic) bond motifs is 1. The van der Waals surface area contributed by atoms with Crippen LogP contribution in [0.15, 0.2) is 16.3 Å². The molecule has 9 heteroatoms. The van der Waals surface area contributed by atoms with Gasteiger partial charge in [0.2, 0.25) is 10.0 Å². The fourth-order valence-corrected chi connectivity index (χ4v) is 5.01. The summed E-state index contributed by atoms with van der Waals surface area (Å²) >= 11 is 2.83. The lowest BCUT2D eigenvalue weighted by Gasteiger charge is -2.01. The van der Waals surface area contributed by atoms with E-state index < -0.39 is 10.0 Å². The first kappa shape index (κ1) is 17.8. The molecule has 0 aromatic carbocycles. The molecular weight excluding hydrogens is 340 g/mol. The maximum absolute atomic E-state index is 11.2. The third-order valence-corrected chi connectivity index (χ3v) is 6.34. The van der Waals surface area contributed by atoms with E-state index >= 15 is 0 Å². The molecule has 0 atom stereocenters. The zero-order chi connectivity index (χ0) is 13.9. The van der Waals surface area contributed by atoms with Crippen molar-refractivity contribution in [3.63, 3.8) is 0 Å². The molecule has 0 aliphatic heterocycles. The Morgan fingerprint density at radius 3 is 2.70 bits per heavy atom. The third kappa shape index (κ3) is 4.66. The largest absolute Gasteiger partial charge is 0.385 e. The molecule has 0 bridgehead atoms. The Hall–Kier alpha value is -0.220. The molecule has 2 aromatic heterocycles. The number of thiophene rings is 2. The molecule has 0 saturated heterocycles. The van der Waals surface area contributed by atoms with Gasteiger partial charge in [0.05, 0.1) is 4.01 Å². The molecule has 114 valence electrons. The summed E-state index contributed by atoms with van der Waals surface area (Å²) in [5, 5.41) is 9.38. The normalized spacial score (nSPS) is 11.7. The lowest BCUT2D eigenvalue weighted by molar-refractivity contribution is 0.194. The number of nitrogens with one attached hydrogen (secondary N) is 1. The van der Waals surface area contributed by atoms with Crippen LogP contribution >= 0.6 is 35.1 Å². The van der Waals surface area contributed by atoms with E-state index in [1.807, 2.05) is 6.07 Å². The zero-order valence-corrected chi connectivity index (χ0v) is 14.2. The number of nitrogens with two attached hydrogens (primary N) is 1. The summed E-state index contributed by atoms with van der Waals surface area (Å²) < 4.78 is 28.7. The number of primary sulfonamides is 1. The number of methoxy groups -OCH3 is 1. The smallest absolute Gasteiger partial charge is 0.247 e. The maximum Gasteiger partial charge on any atom is 0.247 e. The quantitative estimate of drug-likeness (QED) is 0.745. The van der Waals surface area contributed by atoms with E-state index in [0.717, 1.165) is 35.5 Å². The van der Waals surface area contributed by atoms with Gasteiger partial charge in [0, 0.05) is 30.5 Å². The van der Waals surface area contributed by atoms with E-state index in [-0.39, 0.29) is 16.6 Å². The molecule has 0 fully saturated rings. The number of hydrogen-bond donors (Lipinski definition) is 2. The van der Waals surface area contributed by atoms with Crippen molar-refractivity contribution in [1.29, 1.82) is 0 Å². The molecule has 0 aliphatic rings. The van der Waals surface area contributed by atoms with E-state index in [9.17, 15) is 8.42 Å². The predicted octanol–water partition coefficient (Wildman–Crippen LogP) is 2.16. The summed E-state index contributed by atoms with van der Waals surface area (Å²) in [4.78, 5) is 1.19. The average Bonchev–Trinajstić information content (AvgIpc) is 2.85. The first-order valence-electron chi connectivity index (χ1n) is 5.75. The summed E-state index contributed by atoms with van der Waals surface area (Å²) in [6, 6.07) is 3.65. The van der Waals surface area contributed by atoms with Gasteiger partial charge >= 0.3 is 0 Å². The first-order chi connectivity index (χ1) is 9.00. The van der Waals surface area contributed by atoms with Crippen molar-refractivity contribution < 1.29 is 13.2 Å². The van der Waals surface area contributed by atoms with Gasteiger partial charge in [0.15, 0.2) is 0 Å². The van der Waals surface area contributed by atoms with Gasteiger partial charge < -0.3 is 10.1 Å². The van der Waals surface area contributed by atoms with Gasteiger partial charge in [0.25, 0.3) is 0 Å². The summed E-state index contributed by atoms with van der Waals surface area (Å²) in [6.07, 6.45) is 0.978. The molecule has 0 unspecified atom stereocenters. The highest BCUT2D eigenvalue weighted by Crippen LogP contribution is 2.35. The number of rotatable bonds is 7. The van der Waals surface area contributed by atoms with Crippen molar-refractivity contribution in [2.75, 3.05) is 20.3 Å². The summed E-state index contributed by atoms with van der Waals surface area (Å²) in [6.45, 7) is 2.45. The van der Waals surface area contributed by atoms with Crippen LogP contribution in [-0.2, 0) is 21.3 Å². The molecule has 0 radical (unpaired) electrons. The standard InChI is InChI=1S/C11H16N2O3S3.ClH/c1-16-4-2-3-13-7-9-5-8-6-10(19(12,14)15)18-11(8)17-9;/h5-6,13H,2-4,7H2,1H3,(H2,12,14,15);1H. The first-order valence-corrected chi connectivity index (χ1v) is 8.93. The van der Waals surface area contributed by atoms with Gasteiger partial charge in [-0.2, -0.15) is 0 Å². The minimum Gasteiger partial charge on any atom is -0.385 e. The van der Waals surface area contributed by atoms with Crippen LogP contribution in [0.5, 0.6) is 0 Å². The molecule has 2 rings (SSSR count). The average molecular weight is 357 g/mol. The Morgan fingerprint density at radius 1 is 1.35 bits per heavy atom. The molecule has 3 N–H and O–H groups in total. The fraction of sp³-hybridized carbons (Fsp3) is 0.455. The summed E-state index contributed by atoms with van der Waals surface area (Å²) in [5.74, 6) is 0. The van der Waals surface area contributed by atoms with Crippen molar-refractivity contribution in [2.24, 2.45) is 5.14 Å².